The molecule has 6 heteroatoms. The first-order chi connectivity index (χ1) is 9.17. The van der Waals surface area contributed by atoms with Crippen LogP contribution in [0.1, 0.15) is 40.0 Å². The van der Waals surface area contributed by atoms with E-state index in [1.165, 1.54) is 0 Å². The van der Waals surface area contributed by atoms with Gasteiger partial charge >= 0.3 is 0 Å². The summed E-state index contributed by atoms with van der Waals surface area (Å²) in [6, 6.07) is 7.38. The van der Waals surface area contributed by atoms with Crippen molar-refractivity contribution in [2.45, 2.75) is 40.0 Å². The Balaban J connectivity index is -0.0000000881. The van der Waals surface area contributed by atoms with Crippen molar-refractivity contribution in [3.05, 3.63) is 24.3 Å². The van der Waals surface area contributed by atoms with Crippen molar-refractivity contribution in [2.24, 2.45) is 0 Å². The second-order valence-corrected chi connectivity index (χ2v) is 4.68. The van der Waals surface area contributed by atoms with Crippen LogP contribution in [0, 0.1) is 0 Å². The van der Waals surface area contributed by atoms with Gasteiger partial charge in [0.25, 0.3) is 0 Å². The van der Waals surface area contributed by atoms with E-state index in [-0.39, 0.29) is 25.8 Å². The van der Waals surface area contributed by atoms with Gasteiger partial charge < -0.3 is 19.4 Å². The molecule has 0 amide bonds. The zero-order valence-electron chi connectivity index (χ0n) is 13.0. The first-order valence-electron chi connectivity index (χ1n) is 6.77. The van der Waals surface area contributed by atoms with Crippen LogP contribution in [-0.2, 0) is 25.8 Å². The van der Waals surface area contributed by atoms with Crippen LogP contribution >= 0.6 is 0 Å². The Morgan fingerprint density at radius 3 is 1.20 bits per heavy atom. The van der Waals surface area contributed by atoms with Crippen LogP contribution in [0.15, 0.2) is 24.3 Å². The summed E-state index contributed by atoms with van der Waals surface area (Å²) < 4.78 is 11.7. The van der Waals surface area contributed by atoms with Gasteiger partial charge in [0.1, 0.15) is 0 Å². The van der Waals surface area contributed by atoms with Crippen LogP contribution < -0.4 is 5.19 Å². The number of rotatable bonds is 4. The van der Waals surface area contributed by atoms with Crippen molar-refractivity contribution in [2.75, 3.05) is 19.8 Å². The average molecular weight is 472 g/mol. The molecule has 0 saturated heterocycles. The summed E-state index contributed by atoms with van der Waals surface area (Å²) in [5, 5.41) is 24.5. The molecule has 0 aromatic heterocycles. The average Bonchev–Trinajstić information content (AvgIpc) is 3.01. The van der Waals surface area contributed by atoms with Gasteiger partial charge in [-0.3, -0.25) is 0 Å². The molecule has 1 aromatic rings. The Kier molecular flexibility index (Phi) is 44.9. The van der Waals surface area contributed by atoms with E-state index in [1.807, 2.05) is 45.0 Å². The summed E-state index contributed by atoms with van der Waals surface area (Å²) in [6.07, 6.45) is 2.62. The predicted octanol–water partition coefficient (Wildman–Crippen LogP) is 1.25. The number of aliphatic hydroxyl groups excluding tert-OH is 3. The molecule has 1 rings (SSSR count). The minimum atomic E-state index is -1.37. The molecule has 1 aromatic carbocycles. The first-order valence-corrected chi connectivity index (χ1v) is 8.01. The van der Waals surface area contributed by atoms with Gasteiger partial charge in [-0.1, -0.05) is 20.8 Å². The number of aliphatic hydroxyl groups is 3. The second kappa shape index (κ2) is 31.6. The summed E-state index contributed by atoms with van der Waals surface area (Å²) >= 11 is 0. The van der Waals surface area contributed by atoms with E-state index < -0.39 is 9.85 Å². The van der Waals surface area contributed by atoms with Crippen molar-refractivity contribution in [1.82, 2.24) is 0 Å². The topological polar surface area (TPSA) is 60.7 Å². The molecule has 0 radical (unpaired) electrons. The van der Waals surface area contributed by atoms with Crippen molar-refractivity contribution in [1.29, 1.82) is 0 Å². The molecule has 120 valence electrons. The monoisotopic (exact) mass is 473 g/mol. The fourth-order valence-corrected chi connectivity index (χ4v) is 0.953. The van der Waals surface area contributed by atoms with E-state index in [0.29, 0.717) is 19.8 Å². The van der Waals surface area contributed by atoms with Crippen molar-refractivity contribution < 1.29 is 45.3 Å². The standard InChI is InChI=1S/C5H6FSi.3C3H8O.Hf/c6-7-5-3-1-2-4-5;3*1-2-3-4;/h1-4H,7H2;3*4H,2-3H2,1H3;/q-1;;;;. The van der Waals surface area contributed by atoms with Crippen molar-refractivity contribution in [3.8, 4) is 0 Å². The zero-order chi connectivity index (χ0) is 15.4. The van der Waals surface area contributed by atoms with Crippen LogP contribution in [-0.4, -0.2) is 45.0 Å². The van der Waals surface area contributed by atoms with Crippen LogP contribution in [0.2, 0.25) is 0 Å². The van der Waals surface area contributed by atoms with Gasteiger partial charge in [0.15, 0.2) is 9.85 Å². The molecule has 0 aliphatic carbocycles. The summed E-state index contributed by atoms with van der Waals surface area (Å²) in [4.78, 5) is 0. The van der Waals surface area contributed by atoms with Crippen LogP contribution in [0.25, 0.3) is 0 Å². The minimum Gasteiger partial charge on any atom is -0.396 e. The summed E-state index contributed by atoms with van der Waals surface area (Å²) in [7, 11) is -1.37. The molecule has 0 aliphatic rings. The molecule has 0 saturated carbocycles. The van der Waals surface area contributed by atoms with E-state index in [4.69, 9.17) is 15.3 Å². The van der Waals surface area contributed by atoms with Gasteiger partial charge in [-0.05, 0) is 19.3 Å². The molecule has 20 heavy (non-hydrogen) atoms. The normalized spacial score (nSPS) is 8.35. The van der Waals surface area contributed by atoms with Gasteiger partial charge in [0.2, 0.25) is 0 Å². The predicted molar refractivity (Wildman–Crippen MR) is 83.5 cm³/mol. The third kappa shape index (κ3) is 36.2. The van der Waals surface area contributed by atoms with E-state index in [9.17, 15) is 4.11 Å². The Morgan fingerprint density at radius 2 is 1.10 bits per heavy atom. The van der Waals surface area contributed by atoms with Crippen LogP contribution in [0.3, 0.4) is 0 Å². The van der Waals surface area contributed by atoms with Gasteiger partial charge in [0.05, 0.1) is 0 Å². The van der Waals surface area contributed by atoms with Gasteiger partial charge in [0, 0.05) is 45.7 Å². The van der Waals surface area contributed by atoms with Crippen LogP contribution in [0.4, 0.5) is 4.11 Å². The largest absolute Gasteiger partial charge is 0.396 e. The van der Waals surface area contributed by atoms with E-state index in [1.54, 1.807) is 0 Å². The third-order valence-corrected chi connectivity index (χ3v) is 2.34. The molecule has 3 nitrogen and oxygen atoms in total. The van der Waals surface area contributed by atoms with Gasteiger partial charge in [-0.15, -0.1) is 5.19 Å². The molecule has 0 bridgehead atoms. The molecule has 0 heterocycles. The Labute approximate surface area is 144 Å². The zero-order valence-corrected chi connectivity index (χ0v) is 18.0. The van der Waals surface area contributed by atoms with E-state index in [2.05, 4.69) is 0 Å². The molecular formula is C14H30FHfO3Si-. The van der Waals surface area contributed by atoms with Crippen molar-refractivity contribution >= 4 is 15.0 Å². The number of hydrogen-bond acceptors (Lipinski definition) is 3. The number of halogens is 1. The fraction of sp³-hybridized carbons (Fsp3) is 0.643. The fourth-order valence-electron chi connectivity index (χ4n) is 0.503. The Hall–Kier alpha value is 0.247. The maximum Gasteiger partial charge on any atom is 0.189 e. The summed E-state index contributed by atoms with van der Waals surface area (Å²) in [5.74, 6) is 0. The Bertz CT molecular complexity index is 197. The van der Waals surface area contributed by atoms with Gasteiger partial charge in [-0.25, -0.2) is 12.1 Å². The molecule has 0 aliphatic heterocycles. The third-order valence-electron chi connectivity index (χ3n) is 1.56. The quantitative estimate of drug-likeness (QED) is 0.352. The molecule has 3 N–H and O–H groups in total. The molecule has 0 unspecified atom stereocenters. The number of hydrogen-bond donors (Lipinski definition) is 3. The SMILES string of the molecule is CCCO.CCCO.CCCO.F[SiH2][c-]1cccc1.[Hf]. The molecule has 0 spiro atoms. The van der Waals surface area contributed by atoms with E-state index >= 15 is 0 Å². The first kappa shape index (κ1) is 28.4. The maximum atomic E-state index is 11.7. The van der Waals surface area contributed by atoms with Gasteiger partial charge in [-0.2, -0.15) is 12.1 Å². The van der Waals surface area contributed by atoms with E-state index in [0.717, 1.165) is 24.4 Å². The molecule has 0 atom stereocenters. The summed E-state index contributed by atoms with van der Waals surface area (Å²) in [5.41, 5.74) is 0. The maximum absolute atomic E-state index is 11.7. The van der Waals surface area contributed by atoms with Crippen molar-refractivity contribution in [3.63, 3.8) is 0 Å². The Morgan fingerprint density at radius 1 is 0.850 bits per heavy atom. The molecule has 0 fully saturated rings. The van der Waals surface area contributed by atoms with Crippen LogP contribution in [0.5, 0.6) is 0 Å². The minimum absolute atomic E-state index is 0. The summed E-state index contributed by atoms with van der Waals surface area (Å²) in [6.45, 7) is 6.75. The smallest absolute Gasteiger partial charge is 0.189 e. The second-order valence-electron chi connectivity index (χ2n) is 3.60. The molecular weight excluding hydrogens is 442 g/mol.